The fourth-order valence-corrected chi connectivity index (χ4v) is 7.87. The Morgan fingerprint density at radius 1 is 0.909 bits per heavy atom. The zero-order valence-electron chi connectivity index (χ0n) is 33.7. The number of ketones is 1. The summed E-state index contributed by atoms with van der Waals surface area (Å²) in [7, 11) is 1.58. The highest BCUT2D eigenvalue weighted by Crippen LogP contribution is 2.40. The van der Waals surface area contributed by atoms with Crippen LogP contribution in [0, 0.1) is 5.41 Å². The van der Waals surface area contributed by atoms with E-state index in [1.165, 1.54) is 32.8 Å². The SMILES string of the molecule is CCC(C)(C)c1ccc(OCCCCN(C(=O)N2C(=O)CCN2c2ccc(OC)cc2)c2ccccc2OC(=O)C2(C)CCSCC2=O)c(C(C)(C)CC)c1. The summed E-state index contributed by atoms with van der Waals surface area (Å²) in [6.07, 6.45) is 3.64. The summed E-state index contributed by atoms with van der Waals surface area (Å²) >= 11 is 1.50. The molecular formula is C44H57N3O7S. The molecule has 0 spiro atoms. The van der Waals surface area contributed by atoms with E-state index in [1.807, 2.05) is 0 Å². The minimum absolute atomic E-state index is 0.0418. The zero-order valence-corrected chi connectivity index (χ0v) is 34.6. The number of methoxy groups -OCH3 is 1. The predicted octanol–water partition coefficient (Wildman–Crippen LogP) is 9.13. The predicted molar refractivity (Wildman–Crippen MR) is 219 cm³/mol. The third kappa shape index (κ3) is 9.14. The number of rotatable bonds is 15. The van der Waals surface area contributed by atoms with E-state index in [9.17, 15) is 19.2 Å². The minimum Gasteiger partial charge on any atom is -0.497 e. The van der Waals surface area contributed by atoms with Gasteiger partial charge >= 0.3 is 12.0 Å². The number of hydrogen-bond donors (Lipinski definition) is 0. The summed E-state index contributed by atoms with van der Waals surface area (Å²) in [5, 5.41) is 2.83. The number of thioether (sulfide) groups is 1. The van der Waals surface area contributed by atoms with Crippen molar-refractivity contribution in [3.8, 4) is 17.2 Å². The average molecular weight is 772 g/mol. The molecule has 296 valence electrons. The van der Waals surface area contributed by atoms with Crippen LogP contribution in [-0.2, 0) is 25.2 Å². The van der Waals surface area contributed by atoms with Crippen molar-refractivity contribution in [2.45, 2.75) is 97.8 Å². The molecule has 55 heavy (non-hydrogen) atoms. The maximum atomic E-state index is 14.7. The van der Waals surface area contributed by atoms with Gasteiger partial charge in [-0.3, -0.25) is 24.3 Å². The molecule has 5 rings (SSSR count). The molecule has 3 aromatic carbocycles. The molecule has 0 saturated carbocycles. The van der Waals surface area contributed by atoms with E-state index in [2.05, 4.69) is 59.7 Å². The highest BCUT2D eigenvalue weighted by molar-refractivity contribution is 8.00. The summed E-state index contributed by atoms with van der Waals surface area (Å²) in [5.74, 6) is 1.40. The summed E-state index contributed by atoms with van der Waals surface area (Å²) in [5.41, 5.74) is 2.13. The monoisotopic (exact) mass is 771 g/mol. The molecule has 3 amide bonds. The molecule has 0 aliphatic carbocycles. The lowest BCUT2D eigenvalue weighted by molar-refractivity contribution is -0.151. The van der Waals surface area contributed by atoms with E-state index >= 15 is 0 Å². The van der Waals surface area contributed by atoms with Crippen LogP contribution in [0.2, 0.25) is 0 Å². The number of amides is 3. The first-order chi connectivity index (χ1) is 26.2. The maximum Gasteiger partial charge on any atom is 0.350 e. The van der Waals surface area contributed by atoms with Gasteiger partial charge in [0.15, 0.2) is 11.5 Å². The Balaban J connectivity index is 1.40. The van der Waals surface area contributed by atoms with Gasteiger partial charge in [-0.05, 0) is 104 Å². The van der Waals surface area contributed by atoms with Gasteiger partial charge in [-0.25, -0.2) is 4.79 Å². The smallest absolute Gasteiger partial charge is 0.350 e. The van der Waals surface area contributed by atoms with E-state index in [1.54, 1.807) is 67.6 Å². The molecule has 2 aliphatic rings. The number of unbranched alkanes of at least 4 members (excludes halogenated alkanes) is 1. The van der Waals surface area contributed by atoms with Crippen LogP contribution in [0.25, 0.3) is 0 Å². The number of benzene rings is 3. The van der Waals surface area contributed by atoms with E-state index in [0.29, 0.717) is 55.3 Å². The largest absolute Gasteiger partial charge is 0.497 e. The number of para-hydroxylation sites is 2. The standard InChI is InChI=1S/C44H57N3O7S/c1-9-42(3,4)31-17-22-36(34(29-31)43(5,6)10-2)53-27-14-13-25-45(41(51)47-39(49)23-26-46(47)32-18-20-33(52-8)21-19-32)35-15-11-12-16-37(35)54-40(50)44(7)24-28-55-30-38(44)48/h11-12,15-22,29H,9-10,13-14,23-28,30H2,1-8H3. The van der Waals surface area contributed by atoms with Gasteiger partial charge in [0.2, 0.25) is 0 Å². The molecule has 10 nitrogen and oxygen atoms in total. The second-order valence-electron chi connectivity index (χ2n) is 15.9. The van der Waals surface area contributed by atoms with Crippen molar-refractivity contribution in [3.63, 3.8) is 0 Å². The summed E-state index contributed by atoms with van der Waals surface area (Å²) in [6.45, 7) is 16.0. The van der Waals surface area contributed by atoms with Crippen LogP contribution in [-0.4, -0.2) is 67.0 Å². The number of anilines is 2. The molecular weight excluding hydrogens is 715 g/mol. The number of Topliss-reactive ketones (excluding diaryl/α,β-unsaturated/α-hetero) is 1. The van der Waals surface area contributed by atoms with Crippen LogP contribution in [0.3, 0.4) is 0 Å². The summed E-state index contributed by atoms with van der Waals surface area (Å²) < 4.78 is 17.8. The quantitative estimate of drug-likeness (QED) is 0.0648. The van der Waals surface area contributed by atoms with Crippen molar-refractivity contribution in [1.82, 2.24) is 5.01 Å². The van der Waals surface area contributed by atoms with E-state index in [-0.39, 0.29) is 47.0 Å². The molecule has 11 heteroatoms. The zero-order chi connectivity index (χ0) is 40.0. The van der Waals surface area contributed by atoms with Crippen LogP contribution in [0.4, 0.5) is 16.2 Å². The van der Waals surface area contributed by atoms with Crippen molar-refractivity contribution >= 4 is 46.8 Å². The van der Waals surface area contributed by atoms with Crippen LogP contribution in [0.15, 0.2) is 66.7 Å². The van der Waals surface area contributed by atoms with Gasteiger partial charge in [-0.1, -0.05) is 65.8 Å². The highest BCUT2D eigenvalue weighted by Gasteiger charge is 2.45. The number of esters is 1. The van der Waals surface area contributed by atoms with Gasteiger partial charge in [0.25, 0.3) is 5.91 Å². The number of hydrazine groups is 1. The third-order valence-corrected chi connectivity index (χ3v) is 12.5. The maximum absolute atomic E-state index is 14.7. The third-order valence-electron chi connectivity index (χ3n) is 11.5. The van der Waals surface area contributed by atoms with Crippen molar-refractivity contribution < 1.29 is 33.4 Å². The Kier molecular flexibility index (Phi) is 13.3. The van der Waals surface area contributed by atoms with E-state index in [0.717, 1.165) is 18.6 Å². The first-order valence-corrected chi connectivity index (χ1v) is 20.6. The first-order valence-electron chi connectivity index (χ1n) is 19.4. The lowest BCUT2D eigenvalue weighted by Crippen LogP contribution is -2.51. The lowest BCUT2D eigenvalue weighted by atomic mass is 9.76. The van der Waals surface area contributed by atoms with Crippen molar-refractivity contribution in [2.24, 2.45) is 5.41 Å². The Labute approximate surface area is 330 Å². The van der Waals surface area contributed by atoms with Gasteiger partial charge in [-0.2, -0.15) is 16.8 Å². The van der Waals surface area contributed by atoms with Gasteiger partial charge in [0, 0.05) is 25.1 Å². The minimum atomic E-state index is -1.28. The van der Waals surface area contributed by atoms with Crippen molar-refractivity contribution in [3.05, 3.63) is 77.9 Å². The van der Waals surface area contributed by atoms with Gasteiger partial charge in [0.05, 0.1) is 30.8 Å². The number of carbonyl (C=O) groups excluding carboxylic acids is 4. The summed E-state index contributed by atoms with van der Waals surface area (Å²) in [6, 6.07) is 19.9. The number of ether oxygens (including phenoxy) is 3. The molecule has 2 aliphatic heterocycles. The molecule has 0 aromatic heterocycles. The van der Waals surface area contributed by atoms with Crippen molar-refractivity contribution in [2.75, 3.05) is 48.2 Å². The number of hydrogen-bond acceptors (Lipinski definition) is 9. The second kappa shape index (κ2) is 17.5. The Hall–Kier alpha value is -4.51. The topological polar surface area (TPSA) is 106 Å². The van der Waals surface area contributed by atoms with Crippen LogP contribution >= 0.6 is 11.8 Å². The number of urea groups is 1. The Morgan fingerprint density at radius 2 is 1.62 bits per heavy atom. The Bertz CT molecular complexity index is 1860. The molecule has 0 bridgehead atoms. The molecule has 2 fully saturated rings. The number of imide groups is 1. The fourth-order valence-electron chi connectivity index (χ4n) is 6.67. The summed E-state index contributed by atoms with van der Waals surface area (Å²) in [4.78, 5) is 56.2. The molecule has 2 heterocycles. The molecule has 0 N–H and O–H groups in total. The highest BCUT2D eigenvalue weighted by atomic mass is 32.2. The normalized spacial score (nSPS) is 17.7. The van der Waals surface area contributed by atoms with E-state index in [4.69, 9.17) is 14.2 Å². The molecule has 0 radical (unpaired) electrons. The average Bonchev–Trinajstić information content (AvgIpc) is 3.58. The number of carbonyl (C=O) groups is 4. The van der Waals surface area contributed by atoms with Crippen LogP contribution in [0.5, 0.6) is 17.2 Å². The van der Waals surface area contributed by atoms with Crippen LogP contribution in [0.1, 0.15) is 98.1 Å². The fraction of sp³-hybridized carbons (Fsp3) is 0.500. The molecule has 2 saturated heterocycles. The second-order valence-corrected chi connectivity index (χ2v) is 17.0. The molecule has 1 unspecified atom stereocenters. The lowest BCUT2D eigenvalue weighted by Gasteiger charge is -2.34. The van der Waals surface area contributed by atoms with Gasteiger partial charge in [0.1, 0.15) is 16.9 Å². The van der Waals surface area contributed by atoms with Crippen molar-refractivity contribution in [1.29, 1.82) is 0 Å². The van der Waals surface area contributed by atoms with Crippen LogP contribution < -0.4 is 24.1 Å². The van der Waals surface area contributed by atoms with E-state index < -0.39 is 17.4 Å². The first kappa shape index (κ1) is 41.6. The van der Waals surface area contributed by atoms with Gasteiger partial charge < -0.3 is 14.2 Å². The Morgan fingerprint density at radius 3 is 2.29 bits per heavy atom. The molecule has 1 atom stereocenters. The molecule has 3 aromatic rings. The number of nitrogens with zero attached hydrogens (tertiary/aromatic N) is 3. The van der Waals surface area contributed by atoms with Gasteiger partial charge in [-0.15, -0.1) is 0 Å².